The van der Waals surface area contributed by atoms with Gasteiger partial charge in [-0.2, -0.15) is 0 Å². The minimum Gasteiger partial charge on any atom is -0.465 e. The molecule has 0 spiro atoms. The van der Waals surface area contributed by atoms with Crippen LogP contribution >= 0.6 is 0 Å². The average Bonchev–Trinajstić information content (AvgIpc) is 1.97. The van der Waals surface area contributed by atoms with Gasteiger partial charge in [-0.1, -0.05) is 0 Å². The highest BCUT2D eigenvalue weighted by Gasteiger charge is 1.98. The van der Waals surface area contributed by atoms with Gasteiger partial charge >= 0.3 is 6.09 Å². The van der Waals surface area contributed by atoms with Crippen LogP contribution in [-0.4, -0.2) is 23.7 Å². The molecule has 2 amide bonds. The van der Waals surface area contributed by atoms with Crippen molar-refractivity contribution in [2.45, 2.75) is 12.8 Å². The minimum atomic E-state index is -1.09. The molecule has 0 aromatic rings. The van der Waals surface area contributed by atoms with E-state index in [1.807, 2.05) is 5.43 Å². The SMILES string of the molecule is NNC(=O)CCCNC(=O)O. The second-order valence-corrected chi connectivity index (χ2v) is 1.90. The van der Waals surface area contributed by atoms with Gasteiger partial charge in [-0.25, -0.2) is 10.6 Å². The quantitative estimate of drug-likeness (QED) is 0.184. The Bertz CT molecular complexity index is 148. The van der Waals surface area contributed by atoms with E-state index in [9.17, 15) is 9.59 Å². The van der Waals surface area contributed by atoms with E-state index in [0.717, 1.165) is 0 Å². The van der Waals surface area contributed by atoms with Crippen LogP contribution in [0.2, 0.25) is 0 Å². The van der Waals surface area contributed by atoms with Crippen LogP contribution in [0.3, 0.4) is 0 Å². The Hall–Kier alpha value is -1.30. The maximum atomic E-state index is 10.4. The lowest BCUT2D eigenvalue weighted by Gasteiger charge is -1.99. The predicted molar refractivity (Wildman–Crippen MR) is 37.6 cm³/mol. The zero-order valence-electron chi connectivity index (χ0n) is 5.96. The van der Waals surface area contributed by atoms with Crippen molar-refractivity contribution in [2.24, 2.45) is 5.84 Å². The summed E-state index contributed by atoms with van der Waals surface area (Å²) in [5.74, 6) is 4.48. The first kappa shape index (κ1) is 9.70. The molecule has 64 valence electrons. The normalized spacial score (nSPS) is 8.82. The zero-order valence-corrected chi connectivity index (χ0v) is 5.96. The smallest absolute Gasteiger partial charge is 0.404 e. The lowest BCUT2D eigenvalue weighted by atomic mass is 10.3. The van der Waals surface area contributed by atoms with Crippen molar-refractivity contribution in [1.82, 2.24) is 10.7 Å². The Morgan fingerprint density at radius 2 is 2.09 bits per heavy atom. The molecule has 0 fully saturated rings. The summed E-state index contributed by atoms with van der Waals surface area (Å²) >= 11 is 0. The Labute approximate surface area is 63.7 Å². The summed E-state index contributed by atoms with van der Waals surface area (Å²) in [5.41, 5.74) is 1.94. The zero-order chi connectivity index (χ0) is 8.69. The molecule has 0 saturated heterocycles. The van der Waals surface area contributed by atoms with Gasteiger partial charge in [-0.05, 0) is 6.42 Å². The van der Waals surface area contributed by atoms with Crippen LogP contribution in [0.1, 0.15) is 12.8 Å². The average molecular weight is 161 g/mol. The molecule has 0 saturated carbocycles. The summed E-state index contributed by atoms with van der Waals surface area (Å²) in [7, 11) is 0. The van der Waals surface area contributed by atoms with Crippen molar-refractivity contribution in [2.75, 3.05) is 6.54 Å². The van der Waals surface area contributed by atoms with Crippen LogP contribution in [0.4, 0.5) is 4.79 Å². The molecule has 0 aliphatic heterocycles. The van der Waals surface area contributed by atoms with Gasteiger partial charge in [0.2, 0.25) is 5.91 Å². The molecule has 0 unspecified atom stereocenters. The number of rotatable bonds is 4. The van der Waals surface area contributed by atoms with Crippen LogP contribution in [-0.2, 0) is 4.79 Å². The largest absolute Gasteiger partial charge is 0.465 e. The number of nitrogens with two attached hydrogens (primary N) is 1. The summed E-state index contributed by atoms with van der Waals surface area (Å²) in [4.78, 5) is 20.3. The topological polar surface area (TPSA) is 104 Å². The van der Waals surface area contributed by atoms with Gasteiger partial charge in [0.05, 0.1) is 0 Å². The van der Waals surface area contributed by atoms with Crippen molar-refractivity contribution in [1.29, 1.82) is 0 Å². The number of carboxylic acid groups (broad SMARTS) is 1. The first-order chi connectivity index (χ1) is 5.16. The Balaban J connectivity index is 3.14. The maximum absolute atomic E-state index is 10.4. The summed E-state index contributed by atoms with van der Waals surface area (Å²) in [6, 6.07) is 0. The number of hydrogen-bond donors (Lipinski definition) is 4. The van der Waals surface area contributed by atoms with E-state index in [-0.39, 0.29) is 18.9 Å². The molecule has 0 aromatic heterocycles. The summed E-state index contributed by atoms with van der Waals surface area (Å²) in [6.45, 7) is 0.267. The molecule has 0 bridgehead atoms. The second kappa shape index (κ2) is 5.48. The third-order valence-corrected chi connectivity index (χ3v) is 1.02. The highest BCUT2D eigenvalue weighted by atomic mass is 16.4. The van der Waals surface area contributed by atoms with Gasteiger partial charge in [-0.15, -0.1) is 0 Å². The summed E-state index contributed by atoms with van der Waals surface area (Å²) < 4.78 is 0. The highest BCUT2D eigenvalue weighted by Crippen LogP contribution is 1.84. The molecular weight excluding hydrogens is 150 g/mol. The van der Waals surface area contributed by atoms with Gasteiger partial charge in [0.25, 0.3) is 0 Å². The van der Waals surface area contributed by atoms with Crippen molar-refractivity contribution < 1.29 is 14.7 Å². The molecule has 0 aliphatic carbocycles. The Morgan fingerprint density at radius 1 is 1.45 bits per heavy atom. The monoisotopic (exact) mass is 161 g/mol. The van der Waals surface area contributed by atoms with Crippen LogP contribution in [0.15, 0.2) is 0 Å². The van der Waals surface area contributed by atoms with Crippen molar-refractivity contribution in [3.05, 3.63) is 0 Å². The summed E-state index contributed by atoms with van der Waals surface area (Å²) in [6.07, 6.45) is -0.398. The molecule has 0 aliphatic rings. The first-order valence-corrected chi connectivity index (χ1v) is 3.13. The Kier molecular flexibility index (Phi) is 4.83. The lowest BCUT2D eigenvalue weighted by Crippen LogP contribution is -2.31. The number of carbonyl (C=O) groups excluding carboxylic acids is 1. The maximum Gasteiger partial charge on any atom is 0.404 e. The van der Waals surface area contributed by atoms with Gasteiger partial charge in [0, 0.05) is 13.0 Å². The second-order valence-electron chi connectivity index (χ2n) is 1.90. The van der Waals surface area contributed by atoms with E-state index >= 15 is 0 Å². The summed E-state index contributed by atoms with van der Waals surface area (Å²) in [5, 5.41) is 10.2. The standard InChI is InChI=1S/C5H11N3O3/c6-8-4(9)2-1-3-7-5(10)11/h7H,1-3,6H2,(H,8,9)(H,10,11). The minimum absolute atomic E-state index is 0.233. The molecule has 0 atom stereocenters. The molecule has 0 radical (unpaired) electrons. The van der Waals surface area contributed by atoms with Crippen LogP contribution in [0, 0.1) is 0 Å². The van der Waals surface area contributed by atoms with E-state index in [1.165, 1.54) is 0 Å². The number of amides is 2. The molecule has 0 aromatic carbocycles. The number of hydrogen-bond acceptors (Lipinski definition) is 3. The molecule has 6 heteroatoms. The van der Waals surface area contributed by atoms with E-state index in [4.69, 9.17) is 10.9 Å². The van der Waals surface area contributed by atoms with Crippen LogP contribution in [0.5, 0.6) is 0 Å². The molecule has 0 rings (SSSR count). The fourth-order valence-corrected chi connectivity index (χ4v) is 0.516. The van der Waals surface area contributed by atoms with Gasteiger partial charge in [-0.3, -0.25) is 10.2 Å². The van der Waals surface area contributed by atoms with Crippen molar-refractivity contribution in [3.63, 3.8) is 0 Å². The molecule has 11 heavy (non-hydrogen) atoms. The molecule has 5 N–H and O–H groups in total. The third kappa shape index (κ3) is 6.59. The van der Waals surface area contributed by atoms with Gasteiger partial charge in [0.1, 0.15) is 0 Å². The molecular formula is C5H11N3O3. The predicted octanol–water partition coefficient (Wildman–Crippen LogP) is -0.976. The van der Waals surface area contributed by atoms with Crippen LogP contribution < -0.4 is 16.6 Å². The number of nitrogens with one attached hydrogen (secondary N) is 2. The highest BCUT2D eigenvalue weighted by molar-refractivity contribution is 5.75. The molecule has 0 heterocycles. The van der Waals surface area contributed by atoms with Crippen LogP contribution in [0.25, 0.3) is 0 Å². The fourth-order valence-electron chi connectivity index (χ4n) is 0.516. The van der Waals surface area contributed by atoms with Gasteiger partial charge in [0.15, 0.2) is 0 Å². The fraction of sp³-hybridized carbons (Fsp3) is 0.600. The van der Waals surface area contributed by atoms with Gasteiger partial charge < -0.3 is 10.4 Å². The van der Waals surface area contributed by atoms with Crippen molar-refractivity contribution in [3.8, 4) is 0 Å². The number of hydrazine groups is 1. The van der Waals surface area contributed by atoms with E-state index in [2.05, 4.69) is 5.32 Å². The molecule has 6 nitrogen and oxygen atoms in total. The van der Waals surface area contributed by atoms with Crippen molar-refractivity contribution >= 4 is 12.0 Å². The lowest BCUT2D eigenvalue weighted by molar-refractivity contribution is -0.121. The van der Waals surface area contributed by atoms with E-state index in [0.29, 0.717) is 6.42 Å². The van der Waals surface area contributed by atoms with E-state index < -0.39 is 6.09 Å². The third-order valence-electron chi connectivity index (χ3n) is 1.02. The Morgan fingerprint density at radius 3 is 2.55 bits per heavy atom. The number of carbonyl (C=O) groups is 2. The van der Waals surface area contributed by atoms with E-state index in [1.54, 1.807) is 0 Å². The first-order valence-electron chi connectivity index (χ1n) is 3.13.